The standard InChI is InChI=1S/C26H18ClF5N10O4/c1-12-7-13(10-33)8-15(21(43)35-17-4-6-46-23(17)45)19(12)36-22(44)18-9-14(38-42(18)20-16(27)3-2-5-34-20)11-41-39-24(37-40-41)25(28,29)26(30,31)32/h2-3,5,7-9,17H,4,6,11H2,1H3,(H,35,43)(H,36,44)/t17-/m1/s1. The fraction of sp³-hybridized carbons (Fsp3) is 0.269. The highest BCUT2D eigenvalue weighted by atomic mass is 35.5. The number of esters is 1. The summed E-state index contributed by atoms with van der Waals surface area (Å²) in [4.78, 5) is 43.4. The maximum atomic E-state index is 13.7. The topological polar surface area (TPSA) is 183 Å². The maximum absolute atomic E-state index is 13.7. The average Bonchev–Trinajstić information content (AvgIpc) is 3.74. The van der Waals surface area contributed by atoms with Gasteiger partial charge in [-0.2, -0.15) is 37.1 Å². The SMILES string of the molecule is Cc1cc(C#N)cc(C(=O)N[C@@H]2CCOC2=O)c1NC(=O)c1cc(Cn2nnc(C(F)(F)C(F)(F)F)n2)nn1-c1ncccc1Cl. The van der Waals surface area contributed by atoms with Crippen LogP contribution in [0.5, 0.6) is 0 Å². The maximum Gasteiger partial charge on any atom is 0.461 e. The number of nitrogens with one attached hydrogen (secondary N) is 2. The molecule has 0 spiro atoms. The third kappa shape index (κ3) is 6.19. The highest BCUT2D eigenvalue weighted by Crippen LogP contribution is 2.41. The molecule has 1 saturated heterocycles. The van der Waals surface area contributed by atoms with Gasteiger partial charge in [-0.05, 0) is 48.0 Å². The molecule has 3 aromatic heterocycles. The quantitative estimate of drug-likeness (QED) is 0.210. The van der Waals surface area contributed by atoms with Gasteiger partial charge in [0, 0.05) is 12.6 Å². The number of nitrogens with zero attached hydrogens (tertiary/aromatic N) is 8. The van der Waals surface area contributed by atoms with Crippen molar-refractivity contribution in [2.24, 2.45) is 0 Å². The van der Waals surface area contributed by atoms with Crippen LogP contribution in [0.25, 0.3) is 5.82 Å². The van der Waals surface area contributed by atoms with Gasteiger partial charge < -0.3 is 15.4 Å². The number of pyridine rings is 1. The van der Waals surface area contributed by atoms with Crippen molar-refractivity contribution >= 4 is 35.1 Å². The van der Waals surface area contributed by atoms with Gasteiger partial charge in [0.15, 0.2) is 5.82 Å². The fourth-order valence-corrected chi connectivity index (χ4v) is 4.51. The largest absolute Gasteiger partial charge is 0.464 e. The van der Waals surface area contributed by atoms with Gasteiger partial charge in [0.1, 0.15) is 18.3 Å². The van der Waals surface area contributed by atoms with Crippen LogP contribution in [0.4, 0.5) is 27.6 Å². The Balaban J connectivity index is 1.50. The Bertz CT molecular complexity index is 1900. The van der Waals surface area contributed by atoms with E-state index in [0.717, 1.165) is 10.7 Å². The lowest BCUT2D eigenvalue weighted by Crippen LogP contribution is -2.38. The number of carbonyl (C=O) groups is 3. The molecular weight excluding hydrogens is 647 g/mol. The van der Waals surface area contributed by atoms with Crippen molar-refractivity contribution in [2.45, 2.75) is 38.0 Å². The molecule has 0 aliphatic carbocycles. The van der Waals surface area contributed by atoms with Crippen LogP contribution in [0.2, 0.25) is 5.02 Å². The molecule has 14 nitrogen and oxygen atoms in total. The minimum atomic E-state index is -5.97. The van der Waals surface area contributed by atoms with Crippen molar-refractivity contribution in [3.05, 3.63) is 75.5 Å². The molecule has 4 aromatic rings. The van der Waals surface area contributed by atoms with E-state index in [1.807, 2.05) is 6.07 Å². The number of nitriles is 1. The summed E-state index contributed by atoms with van der Waals surface area (Å²) in [5, 5.41) is 27.9. The van der Waals surface area contributed by atoms with Crippen LogP contribution in [-0.4, -0.2) is 71.6 Å². The molecule has 0 saturated carbocycles. The number of ether oxygens (including phenoxy) is 1. The highest BCUT2D eigenvalue weighted by molar-refractivity contribution is 6.32. The smallest absolute Gasteiger partial charge is 0.461 e. The first kappa shape index (κ1) is 31.9. The Kier molecular flexibility index (Phi) is 8.40. The minimum absolute atomic E-state index is 0.0234. The van der Waals surface area contributed by atoms with Crippen LogP contribution >= 0.6 is 11.6 Å². The lowest BCUT2D eigenvalue weighted by molar-refractivity contribution is -0.292. The van der Waals surface area contributed by atoms with Gasteiger partial charge in [-0.25, -0.2) is 14.5 Å². The van der Waals surface area contributed by atoms with Crippen LogP contribution < -0.4 is 10.6 Å². The molecule has 1 aliphatic rings. The van der Waals surface area contributed by atoms with Crippen LogP contribution in [0, 0.1) is 18.3 Å². The van der Waals surface area contributed by atoms with Crippen LogP contribution in [0.3, 0.4) is 0 Å². The zero-order valence-electron chi connectivity index (χ0n) is 23.1. The second kappa shape index (κ2) is 12.1. The Morgan fingerprint density at radius 3 is 2.59 bits per heavy atom. The van der Waals surface area contributed by atoms with Gasteiger partial charge in [-0.3, -0.25) is 9.59 Å². The first-order chi connectivity index (χ1) is 21.7. The predicted octanol–water partition coefficient (Wildman–Crippen LogP) is 3.09. The molecule has 1 aliphatic heterocycles. The number of benzene rings is 1. The number of halogens is 6. The van der Waals surface area contributed by atoms with Gasteiger partial charge in [0.05, 0.1) is 40.2 Å². The zero-order chi connectivity index (χ0) is 33.4. The second-order valence-electron chi connectivity index (χ2n) is 9.72. The van der Waals surface area contributed by atoms with Gasteiger partial charge in [0.25, 0.3) is 17.6 Å². The second-order valence-corrected chi connectivity index (χ2v) is 10.1. The summed E-state index contributed by atoms with van der Waals surface area (Å²) in [6.45, 7) is 1.00. The summed E-state index contributed by atoms with van der Waals surface area (Å²) in [6, 6.07) is 7.63. The molecule has 46 heavy (non-hydrogen) atoms. The zero-order valence-corrected chi connectivity index (χ0v) is 23.9. The molecule has 0 bridgehead atoms. The average molecular weight is 665 g/mol. The van der Waals surface area contributed by atoms with E-state index in [0.29, 0.717) is 10.4 Å². The summed E-state index contributed by atoms with van der Waals surface area (Å²) in [6.07, 6.45) is -4.43. The van der Waals surface area contributed by atoms with E-state index < -0.39 is 48.3 Å². The monoisotopic (exact) mass is 664 g/mol. The molecule has 1 fully saturated rings. The van der Waals surface area contributed by atoms with Crippen molar-refractivity contribution in [3.63, 3.8) is 0 Å². The summed E-state index contributed by atoms with van der Waals surface area (Å²) in [5.74, 6) is -9.67. The number of anilines is 1. The van der Waals surface area contributed by atoms with E-state index in [1.165, 1.54) is 37.4 Å². The van der Waals surface area contributed by atoms with E-state index in [2.05, 4.69) is 36.1 Å². The van der Waals surface area contributed by atoms with Gasteiger partial charge in [-0.15, -0.1) is 10.2 Å². The number of tetrazole rings is 1. The summed E-state index contributed by atoms with van der Waals surface area (Å²) >= 11 is 6.27. The molecule has 2 amide bonds. The molecule has 1 atom stereocenters. The van der Waals surface area contributed by atoms with Crippen molar-refractivity contribution in [3.8, 4) is 11.9 Å². The molecular formula is C26H18ClF5N10O4. The molecule has 0 unspecified atom stereocenters. The number of rotatable bonds is 8. The molecule has 1 aromatic carbocycles. The molecule has 0 radical (unpaired) electrons. The van der Waals surface area contributed by atoms with Gasteiger partial charge in [-0.1, -0.05) is 11.6 Å². The molecule has 2 N–H and O–H groups in total. The first-order valence-electron chi connectivity index (χ1n) is 13.0. The van der Waals surface area contributed by atoms with Crippen molar-refractivity contribution < 1.29 is 41.1 Å². The summed E-state index contributed by atoms with van der Waals surface area (Å²) in [5.41, 5.74) is -0.203. The fourth-order valence-electron chi connectivity index (χ4n) is 4.31. The van der Waals surface area contributed by atoms with Gasteiger partial charge >= 0.3 is 18.1 Å². The number of aryl methyl sites for hydroxylation is 1. The third-order valence-corrected chi connectivity index (χ3v) is 6.81. The first-order valence-corrected chi connectivity index (χ1v) is 13.3. The number of carbonyl (C=O) groups excluding carboxylic acids is 3. The van der Waals surface area contributed by atoms with Gasteiger partial charge in [0.2, 0.25) is 0 Å². The summed E-state index contributed by atoms with van der Waals surface area (Å²) < 4.78 is 71.5. The summed E-state index contributed by atoms with van der Waals surface area (Å²) in [7, 11) is 0. The van der Waals surface area contributed by atoms with E-state index in [9.17, 15) is 41.6 Å². The number of hydrogen-bond acceptors (Lipinski definition) is 10. The van der Waals surface area contributed by atoms with Crippen LogP contribution in [-0.2, 0) is 22.0 Å². The molecule has 20 heteroatoms. The Hall–Kier alpha value is -5.51. The van der Waals surface area contributed by atoms with Crippen LogP contribution in [0.1, 0.15) is 49.9 Å². The number of cyclic esters (lactones) is 1. The molecule has 238 valence electrons. The number of alkyl halides is 5. The normalized spacial score (nSPS) is 14.9. The predicted molar refractivity (Wildman–Crippen MR) is 144 cm³/mol. The molecule has 5 rings (SSSR count). The van der Waals surface area contributed by atoms with Crippen molar-refractivity contribution in [1.82, 2.24) is 40.3 Å². The van der Waals surface area contributed by atoms with E-state index in [-0.39, 0.29) is 52.1 Å². The Morgan fingerprint density at radius 2 is 1.93 bits per heavy atom. The molecule has 4 heterocycles. The van der Waals surface area contributed by atoms with Crippen LogP contribution in [0.15, 0.2) is 36.5 Å². The van der Waals surface area contributed by atoms with Crippen molar-refractivity contribution in [2.75, 3.05) is 11.9 Å². The van der Waals surface area contributed by atoms with E-state index in [4.69, 9.17) is 16.3 Å². The number of amides is 2. The highest BCUT2D eigenvalue weighted by Gasteiger charge is 2.62. The lowest BCUT2D eigenvalue weighted by Gasteiger charge is -2.16. The van der Waals surface area contributed by atoms with Crippen molar-refractivity contribution in [1.29, 1.82) is 5.26 Å². The minimum Gasteiger partial charge on any atom is -0.464 e. The third-order valence-electron chi connectivity index (χ3n) is 6.51. The Morgan fingerprint density at radius 1 is 1.17 bits per heavy atom. The number of aromatic nitrogens is 7. The Labute approximate surface area is 259 Å². The van der Waals surface area contributed by atoms with E-state index >= 15 is 0 Å². The lowest BCUT2D eigenvalue weighted by atomic mass is 10.0. The van der Waals surface area contributed by atoms with E-state index in [1.54, 1.807) is 0 Å². The number of hydrogen-bond donors (Lipinski definition) is 2.